The number of carbonyl (C=O) groups is 1. The molecule has 9 heteroatoms. The van der Waals surface area contributed by atoms with E-state index >= 15 is 0 Å². The topological polar surface area (TPSA) is 119 Å². The number of aromatic nitrogens is 4. The molecule has 142 valence electrons. The summed E-state index contributed by atoms with van der Waals surface area (Å²) in [5.41, 5.74) is 0.815. The van der Waals surface area contributed by atoms with Gasteiger partial charge in [0.2, 0.25) is 5.95 Å². The number of aromatic amines is 1. The highest BCUT2D eigenvalue weighted by Gasteiger charge is 2.18. The molecule has 0 spiro atoms. The molecule has 0 aliphatic carbocycles. The summed E-state index contributed by atoms with van der Waals surface area (Å²) in [6.07, 6.45) is 4.43. The molecule has 0 unspecified atom stereocenters. The molecule has 0 saturated carbocycles. The maximum atomic E-state index is 12.4. The van der Waals surface area contributed by atoms with E-state index in [4.69, 9.17) is 8.83 Å². The highest BCUT2D eigenvalue weighted by molar-refractivity contribution is 6.02. The van der Waals surface area contributed by atoms with E-state index in [1.807, 2.05) is 6.92 Å². The first-order valence-electron chi connectivity index (χ1n) is 8.73. The highest BCUT2D eigenvalue weighted by atomic mass is 16.3. The summed E-state index contributed by atoms with van der Waals surface area (Å²) in [5.74, 6) is 0.713. The molecule has 0 aliphatic rings. The van der Waals surface area contributed by atoms with Crippen molar-refractivity contribution in [3.05, 3.63) is 70.7 Å². The van der Waals surface area contributed by atoms with Crippen LogP contribution in [0.5, 0.6) is 0 Å². The number of nitrogens with zero attached hydrogens (tertiary/aromatic N) is 3. The molecular weight excluding hydrogens is 362 g/mol. The molecule has 4 aromatic heterocycles. The molecule has 0 aliphatic heterocycles. The van der Waals surface area contributed by atoms with Gasteiger partial charge in [-0.2, -0.15) is 9.78 Å². The van der Waals surface area contributed by atoms with Gasteiger partial charge in [0.15, 0.2) is 11.5 Å². The summed E-state index contributed by atoms with van der Waals surface area (Å²) < 4.78 is 11.9. The Morgan fingerprint density at radius 1 is 1.21 bits per heavy atom. The fourth-order valence-electron chi connectivity index (χ4n) is 2.74. The van der Waals surface area contributed by atoms with Crippen molar-refractivity contribution < 1.29 is 13.6 Å². The molecular formula is C19H17N5O4. The molecule has 0 aromatic carbocycles. The van der Waals surface area contributed by atoms with Gasteiger partial charge in [-0.15, -0.1) is 0 Å². The number of H-pyrrole nitrogens is 1. The van der Waals surface area contributed by atoms with Crippen LogP contribution in [-0.4, -0.2) is 25.7 Å². The standard InChI is InChI=1S/C19H17N5O4/c1-2-5-12-10-17(25)22-19(20-12)24-16(21-18(26)15-7-4-9-28-15)11-13(23-24)14-6-3-8-27-14/h3-4,6-11H,2,5H2,1H3,(H,21,26)(H,20,22,25). The zero-order valence-corrected chi connectivity index (χ0v) is 15.0. The summed E-state index contributed by atoms with van der Waals surface area (Å²) in [4.78, 5) is 31.6. The number of aryl methyl sites for hydroxylation is 1. The maximum absolute atomic E-state index is 12.4. The number of hydrogen-bond donors (Lipinski definition) is 2. The Labute approximate surface area is 159 Å². The van der Waals surface area contributed by atoms with Crippen LogP contribution < -0.4 is 10.9 Å². The van der Waals surface area contributed by atoms with Gasteiger partial charge in [0.25, 0.3) is 11.5 Å². The number of anilines is 1. The minimum absolute atomic E-state index is 0.147. The van der Waals surface area contributed by atoms with Gasteiger partial charge in [0, 0.05) is 17.8 Å². The molecule has 4 rings (SSSR count). The average Bonchev–Trinajstić information content (AvgIpc) is 3.42. The molecule has 9 nitrogen and oxygen atoms in total. The zero-order valence-electron chi connectivity index (χ0n) is 15.0. The third-order valence-electron chi connectivity index (χ3n) is 3.96. The van der Waals surface area contributed by atoms with E-state index in [0.717, 1.165) is 6.42 Å². The Morgan fingerprint density at radius 2 is 2.04 bits per heavy atom. The largest absolute Gasteiger partial charge is 0.463 e. The third kappa shape index (κ3) is 3.50. The predicted molar refractivity (Wildman–Crippen MR) is 100 cm³/mol. The summed E-state index contributed by atoms with van der Waals surface area (Å²) in [6.45, 7) is 2.00. The van der Waals surface area contributed by atoms with Crippen molar-refractivity contribution in [2.24, 2.45) is 0 Å². The van der Waals surface area contributed by atoms with Crippen LogP contribution in [0.25, 0.3) is 17.4 Å². The molecule has 2 N–H and O–H groups in total. The van der Waals surface area contributed by atoms with E-state index in [1.54, 1.807) is 30.3 Å². The van der Waals surface area contributed by atoms with Crippen molar-refractivity contribution in [1.82, 2.24) is 19.7 Å². The normalized spacial score (nSPS) is 10.9. The lowest BCUT2D eigenvalue weighted by molar-refractivity contribution is 0.0996. The van der Waals surface area contributed by atoms with Crippen molar-refractivity contribution in [3.63, 3.8) is 0 Å². The number of amides is 1. The van der Waals surface area contributed by atoms with Crippen molar-refractivity contribution in [2.75, 3.05) is 5.32 Å². The number of nitrogens with one attached hydrogen (secondary N) is 2. The van der Waals surface area contributed by atoms with Crippen molar-refractivity contribution in [1.29, 1.82) is 0 Å². The fourth-order valence-corrected chi connectivity index (χ4v) is 2.74. The predicted octanol–water partition coefficient (Wildman–Crippen LogP) is 3.01. The van der Waals surface area contributed by atoms with Crippen LogP contribution in [0.4, 0.5) is 5.82 Å². The van der Waals surface area contributed by atoms with E-state index in [9.17, 15) is 9.59 Å². The zero-order chi connectivity index (χ0) is 19.5. The number of rotatable bonds is 6. The van der Waals surface area contributed by atoms with Gasteiger partial charge in [-0.05, 0) is 30.7 Å². The second kappa shape index (κ2) is 7.39. The Hall–Kier alpha value is -3.88. The number of furan rings is 2. The Kier molecular flexibility index (Phi) is 4.63. The Balaban J connectivity index is 1.79. The molecule has 0 atom stereocenters. The maximum Gasteiger partial charge on any atom is 0.292 e. The first-order chi connectivity index (χ1) is 13.6. The minimum Gasteiger partial charge on any atom is -0.463 e. The molecule has 1 amide bonds. The van der Waals surface area contributed by atoms with Crippen LogP contribution in [0.1, 0.15) is 29.6 Å². The fraction of sp³-hybridized carbons (Fsp3) is 0.158. The Bertz CT molecular complexity index is 1140. The van der Waals surface area contributed by atoms with Crippen LogP contribution in [-0.2, 0) is 6.42 Å². The monoisotopic (exact) mass is 379 g/mol. The minimum atomic E-state index is -0.454. The van der Waals surface area contributed by atoms with Gasteiger partial charge < -0.3 is 14.2 Å². The number of hydrogen-bond acceptors (Lipinski definition) is 6. The van der Waals surface area contributed by atoms with E-state index in [2.05, 4.69) is 20.4 Å². The van der Waals surface area contributed by atoms with Gasteiger partial charge in [0.05, 0.1) is 12.5 Å². The van der Waals surface area contributed by atoms with E-state index < -0.39 is 5.91 Å². The molecule has 0 bridgehead atoms. The summed E-state index contributed by atoms with van der Waals surface area (Å²) in [7, 11) is 0. The van der Waals surface area contributed by atoms with Crippen molar-refractivity contribution in [2.45, 2.75) is 19.8 Å². The second-order valence-corrected chi connectivity index (χ2v) is 6.05. The van der Waals surface area contributed by atoms with Crippen LogP contribution in [0.15, 0.2) is 62.6 Å². The van der Waals surface area contributed by atoms with Gasteiger partial charge in [-0.25, -0.2) is 4.98 Å². The van der Waals surface area contributed by atoms with Gasteiger partial charge in [-0.3, -0.25) is 14.6 Å². The number of carbonyl (C=O) groups excluding carboxylic acids is 1. The van der Waals surface area contributed by atoms with Crippen LogP contribution in [0.3, 0.4) is 0 Å². The molecule has 4 heterocycles. The summed E-state index contributed by atoms with van der Waals surface area (Å²) in [5, 5.41) is 7.17. The first-order valence-corrected chi connectivity index (χ1v) is 8.73. The van der Waals surface area contributed by atoms with E-state index in [0.29, 0.717) is 29.4 Å². The molecule has 0 fully saturated rings. The van der Waals surface area contributed by atoms with Gasteiger partial charge in [0.1, 0.15) is 11.5 Å². The van der Waals surface area contributed by atoms with Crippen LogP contribution in [0, 0.1) is 0 Å². The second-order valence-electron chi connectivity index (χ2n) is 6.05. The SMILES string of the molecule is CCCc1cc(=O)[nH]c(-n2nc(-c3ccco3)cc2NC(=O)c2ccco2)n1. The quantitative estimate of drug-likeness (QED) is 0.531. The third-order valence-corrected chi connectivity index (χ3v) is 3.96. The van der Waals surface area contributed by atoms with E-state index in [1.165, 1.54) is 23.3 Å². The lowest BCUT2D eigenvalue weighted by Crippen LogP contribution is -2.19. The van der Waals surface area contributed by atoms with E-state index in [-0.39, 0.29) is 17.3 Å². The highest BCUT2D eigenvalue weighted by Crippen LogP contribution is 2.24. The molecule has 28 heavy (non-hydrogen) atoms. The lowest BCUT2D eigenvalue weighted by atomic mass is 10.2. The van der Waals surface area contributed by atoms with Crippen LogP contribution >= 0.6 is 0 Å². The molecule has 0 saturated heterocycles. The first kappa shape index (κ1) is 17.5. The summed E-state index contributed by atoms with van der Waals surface area (Å²) >= 11 is 0. The van der Waals surface area contributed by atoms with Crippen LogP contribution in [0.2, 0.25) is 0 Å². The summed E-state index contributed by atoms with van der Waals surface area (Å²) in [6, 6.07) is 9.72. The molecule has 0 radical (unpaired) electrons. The smallest absolute Gasteiger partial charge is 0.292 e. The average molecular weight is 379 g/mol. The van der Waals surface area contributed by atoms with Gasteiger partial charge in [-0.1, -0.05) is 13.3 Å². The van der Waals surface area contributed by atoms with Crippen molar-refractivity contribution >= 4 is 11.7 Å². The molecule has 4 aromatic rings. The van der Waals surface area contributed by atoms with Gasteiger partial charge >= 0.3 is 0 Å². The Morgan fingerprint density at radius 3 is 2.75 bits per heavy atom. The van der Waals surface area contributed by atoms with Crippen molar-refractivity contribution in [3.8, 4) is 17.4 Å². The lowest BCUT2D eigenvalue weighted by Gasteiger charge is -2.08.